The molecule has 8 heteroatoms. The van der Waals surface area contributed by atoms with Gasteiger partial charge in [-0.05, 0) is 60.7 Å². The second-order valence-corrected chi connectivity index (χ2v) is 11.3. The van der Waals surface area contributed by atoms with E-state index in [9.17, 15) is 22.1 Å². The molecule has 0 atom stereocenters. The van der Waals surface area contributed by atoms with Crippen molar-refractivity contribution in [2.75, 3.05) is 0 Å². The Bertz CT molecular complexity index is 1440. The summed E-state index contributed by atoms with van der Waals surface area (Å²) >= 11 is 1.63. The molecule has 0 saturated heterocycles. The van der Waals surface area contributed by atoms with E-state index in [1.807, 2.05) is 54.6 Å². The number of benzene rings is 5. The molecule has 196 valence electrons. The van der Waals surface area contributed by atoms with E-state index in [0.717, 1.165) is 15.4 Å². The zero-order valence-electron chi connectivity index (χ0n) is 20.6. The van der Waals surface area contributed by atoms with Gasteiger partial charge < -0.3 is 17.3 Å². The van der Waals surface area contributed by atoms with Crippen molar-refractivity contribution in [1.82, 2.24) is 0 Å². The lowest BCUT2D eigenvalue weighted by molar-refractivity contribution is 0.103. The number of halogens is 4. The smallest absolute Gasteiger partial charge is 0.418 e. The van der Waals surface area contributed by atoms with Gasteiger partial charge in [0.15, 0.2) is 20.5 Å². The van der Waals surface area contributed by atoms with Gasteiger partial charge in [-0.2, -0.15) is 0 Å². The first-order valence-electron chi connectivity index (χ1n) is 12.0. The minimum absolute atomic E-state index is 0.0509. The molecule has 0 unspecified atom stereocenters. The molecule has 5 rings (SSSR count). The highest BCUT2D eigenvalue weighted by Crippen LogP contribution is 2.35. The van der Waals surface area contributed by atoms with Gasteiger partial charge in [0.1, 0.15) is 0 Å². The van der Waals surface area contributed by atoms with Crippen molar-refractivity contribution >= 4 is 35.7 Å². The molecule has 0 heterocycles. The van der Waals surface area contributed by atoms with Crippen LogP contribution in [0.2, 0.25) is 0 Å². The van der Waals surface area contributed by atoms with Crippen LogP contribution in [-0.4, -0.2) is 13.0 Å². The Balaban J connectivity index is 0.000000648. The van der Waals surface area contributed by atoms with Gasteiger partial charge in [-0.1, -0.05) is 90.6 Å². The normalized spacial score (nSPS) is 11.0. The highest BCUT2D eigenvalue weighted by Gasteiger charge is 2.28. The molecule has 0 saturated carbocycles. The number of hydrogen-bond donors (Lipinski definition) is 0. The van der Waals surface area contributed by atoms with Gasteiger partial charge in [0.25, 0.3) is 0 Å². The fraction of sp³-hybridized carbons (Fsp3) is 0. The second kappa shape index (κ2) is 13.4. The number of carbonyl (C=O) groups is 1. The minimum atomic E-state index is -6.00. The Hall–Kier alpha value is -3.75. The van der Waals surface area contributed by atoms with E-state index in [1.54, 1.807) is 11.8 Å². The van der Waals surface area contributed by atoms with Gasteiger partial charge >= 0.3 is 7.25 Å². The van der Waals surface area contributed by atoms with E-state index in [1.165, 1.54) is 14.7 Å². The molecule has 0 bridgehead atoms. The van der Waals surface area contributed by atoms with E-state index in [2.05, 4.69) is 84.9 Å². The number of rotatable bonds is 7. The van der Waals surface area contributed by atoms with Crippen molar-refractivity contribution < 1.29 is 22.1 Å². The Morgan fingerprint density at radius 1 is 0.538 bits per heavy atom. The van der Waals surface area contributed by atoms with Crippen LogP contribution in [0.1, 0.15) is 15.9 Å². The van der Waals surface area contributed by atoms with Gasteiger partial charge in [-0.25, -0.2) is 0 Å². The molecule has 0 N–H and O–H groups in total. The average molecular weight is 562 g/mol. The van der Waals surface area contributed by atoms with Crippen molar-refractivity contribution in [3.05, 3.63) is 151 Å². The summed E-state index contributed by atoms with van der Waals surface area (Å²) in [7, 11) is -6.17. The highest BCUT2D eigenvalue weighted by atomic mass is 32.2. The van der Waals surface area contributed by atoms with E-state index in [-0.39, 0.29) is 16.7 Å². The van der Waals surface area contributed by atoms with Crippen LogP contribution in [0.3, 0.4) is 0 Å². The molecule has 0 aliphatic rings. The maximum Gasteiger partial charge on any atom is 0.673 e. The number of ketones is 1. The summed E-state index contributed by atoms with van der Waals surface area (Å²) in [5, 5.41) is 0. The summed E-state index contributed by atoms with van der Waals surface area (Å²) < 4.78 is 39.0. The summed E-state index contributed by atoms with van der Waals surface area (Å²) in [5.74, 6) is 0.0509. The summed E-state index contributed by atoms with van der Waals surface area (Å²) in [6.45, 7) is 0. The lowest BCUT2D eigenvalue weighted by Crippen LogP contribution is -2.04. The molecule has 0 fully saturated rings. The standard InChI is InChI=1S/C31H23OS2.BF4/c32-31(24-12-4-1-5-13-24)29-18-10-11-19-30(29)33-25-20-22-28(23-21-25)34(26-14-6-2-7-15-26)27-16-8-3-9-17-27;2-1(3,4)5/h1-23H;/q+1;-1. The Morgan fingerprint density at radius 3 is 1.46 bits per heavy atom. The maximum atomic E-state index is 13.1. The van der Waals surface area contributed by atoms with Crippen molar-refractivity contribution in [3.63, 3.8) is 0 Å². The topological polar surface area (TPSA) is 17.1 Å². The molecule has 39 heavy (non-hydrogen) atoms. The molecular formula is C31H23BF4OS2. The van der Waals surface area contributed by atoms with E-state index < -0.39 is 7.25 Å². The van der Waals surface area contributed by atoms with Crippen LogP contribution >= 0.6 is 11.8 Å². The van der Waals surface area contributed by atoms with E-state index in [4.69, 9.17) is 0 Å². The fourth-order valence-corrected chi connectivity index (χ4v) is 6.81. The van der Waals surface area contributed by atoms with Crippen molar-refractivity contribution in [1.29, 1.82) is 0 Å². The molecule has 0 aromatic heterocycles. The SMILES string of the molecule is F[B-](F)(F)F.O=C(c1ccccc1)c1ccccc1Sc1ccc([S+](c2ccccc2)c2ccccc2)cc1. The molecule has 0 aliphatic heterocycles. The van der Waals surface area contributed by atoms with Crippen LogP contribution < -0.4 is 0 Å². The zero-order valence-corrected chi connectivity index (χ0v) is 22.2. The largest absolute Gasteiger partial charge is 0.673 e. The lowest BCUT2D eigenvalue weighted by Gasteiger charge is -2.10. The van der Waals surface area contributed by atoms with Gasteiger partial charge in [-0.3, -0.25) is 4.79 Å². The van der Waals surface area contributed by atoms with Crippen LogP contribution in [-0.2, 0) is 10.9 Å². The predicted octanol–water partition coefficient (Wildman–Crippen LogP) is 9.46. The van der Waals surface area contributed by atoms with Crippen LogP contribution in [0.4, 0.5) is 17.3 Å². The fourth-order valence-electron chi connectivity index (χ4n) is 3.78. The molecule has 5 aromatic carbocycles. The van der Waals surface area contributed by atoms with Crippen LogP contribution in [0.25, 0.3) is 0 Å². The van der Waals surface area contributed by atoms with Crippen LogP contribution in [0.5, 0.6) is 0 Å². The first-order chi connectivity index (χ1) is 18.8. The second-order valence-electron chi connectivity index (χ2n) is 8.19. The third kappa shape index (κ3) is 8.37. The molecule has 0 spiro atoms. The summed E-state index contributed by atoms with van der Waals surface area (Å²) in [6, 6.07) is 47.4. The molecular weight excluding hydrogens is 539 g/mol. The Morgan fingerprint density at radius 2 is 0.949 bits per heavy atom. The summed E-state index contributed by atoms with van der Waals surface area (Å²) in [6.07, 6.45) is 0. The molecule has 0 amide bonds. The van der Waals surface area contributed by atoms with Gasteiger partial charge in [0, 0.05) is 20.9 Å². The summed E-state index contributed by atoms with van der Waals surface area (Å²) in [4.78, 5) is 19.1. The predicted molar refractivity (Wildman–Crippen MR) is 152 cm³/mol. The molecule has 5 aromatic rings. The maximum absolute atomic E-state index is 13.1. The van der Waals surface area contributed by atoms with Gasteiger partial charge in [0.05, 0.1) is 10.9 Å². The first kappa shape index (κ1) is 28.3. The average Bonchev–Trinajstić information content (AvgIpc) is 2.95. The van der Waals surface area contributed by atoms with Crippen LogP contribution in [0, 0.1) is 0 Å². The van der Waals surface area contributed by atoms with Gasteiger partial charge in [0.2, 0.25) is 0 Å². The van der Waals surface area contributed by atoms with Crippen molar-refractivity contribution in [2.24, 2.45) is 0 Å². The van der Waals surface area contributed by atoms with E-state index in [0.29, 0.717) is 5.56 Å². The molecule has 1 nitrogen and oxygen atoms in total. The summed E-state index contributed by atoms with van der Waals surface area (Å²) in [5.41, 5.74) is 1.44. The molecule has 0 radical (unpaired) electrons. The number of hydrogen-bond acceptors (Lipinski definition) is 2. The number of carbonyl (C=O) groups excluding carboxylic acids is 1. The third-order valence-electron chi connectivity index (χ3n) is 5.41. The van der Waals surface area contributed by atoms with Crippen molar-refractivity contribution in [2.45, 2.75) is 24.5 Å². The first-order valence-corrected chi connectivity index (χ1v) is 14.0. The monoisotopic (exact) mass is 562 g/mol. The molecule has 0 aliphatic carbocycles. The van der Waals surface area contributed by atoms with Gasteiger partial charge in [-0.15, -0.1) is 0 Å². The Labute approximate surface area is 232 Å². The van der Waals surface area contributed by atoms with Crippen molar-refractivity contribution in [3.8, 4) is 0 Å². The quantitative estimate of drug-likeness (QED) is 0.0851. The highest BCUT2D eigenvalue weighted by molar-refractivity contribution is 7.99. The zero-order chi connectivity index (χ0) is 27.7. The minimum Gasteiger partial charge on any atom is -0.418 e. The lowest BCUT2D eigenvalue weighted by atomic mass is 10.0. The van der Waals surface area contributed by atoms with E-state index >= 15 is 0 Å². The third-order valence-corrected chi connectivity index (χ3v) is 8.73. The van der Waals surface area contributed by atoms with Crippen LogP contribution in [0.15, 0.2) is 164 Å². The Kier molecular flexibility index (Phi) is 9.68.